The molecule has 0 fully saturated rings. The molecule has 152 valence electrons. The Hall–Kier alpha value is -4.27. The minimum Gasteiger partial charge on any atom is -0.370 e. The third-order valence-electron chi connectivity index (χ3n) is 4.41. The number of nitro groups is 2. The van der Waals surface area contributed by atoms with Crippen LogP contribution >= 0.6 is 0 Å². The first kappa shape index (κ1) is 20.5. The molecule has 0 spiro atoms. The first-order chi connectivity index (χ1) is 14.3. The van der Waals surface area contributed by atoms with E-state index in [1.165, 1.54) is 0 Å². The molecule has 0 saturated carbocycles. The normalized spacial score (nSPS) is 10.3. The van der Waals surface area contributed by atoms with Gasteiger partial charge in [0, 0.05) is 37.1 Å². The maximum atomic E-state index is 12.5. The Morgan fingerprint density at radius 1 is 0.900 bits per heavy atom. The SMILES string of the molecule is CN(Cc1ccccc1)c1ccc(NC(=O)c2cc([N+](=O)[O-])cc([N+](=O)[O-])c2)cc1. The lowest BCUT2D eigenvalue weighted by atomic mass is 10.1. The Bertz CT molecular complexity index is 1050. The van der Waals surface area contributed by atoms with Crippen LogP contribution in [0.15, 0.2) is 72.8 Å². The van der Waals surface area contributed by atoms with Gasteiger partial charge in [0.15, 0.2) is 0 Å². The highest BCUT2D eigenvalue weighted by Gasteiger charge is 2.20. The van der Waals surface area contributed by atoms with Gasteiger partial charge in [0.1, 0.15) is 0 Å². The van der Waals surface area contributed by atoms with Gasteiger partial charge in [-0.25, -0.2) is 0 Å². The number of nitrogens with zero attached hydrogens (tertiary/aromatic N) is 3. The lowest BCUT2D eigenvalue weighted by Crippen LogP contribution is -2.16. The van der Waals surface area contributed by atoms with Crippen molar-refractivity contribution in [3.05, 3.63) is 104 Å². The van der Waals surface area contributed by atoms with E-state index in [1.54, 1.807) is 12.1 Å². The quantitative estimate of drug-likeness (QED) is 0.459. The van der Waals surface area contributed by atoms with Gasteiger partial charge in [-0.15, -0.1) is 0 Å². The zero-order chi connectivity index (χ0) is 21.7. The first-order valence-corrected chi connectivity index (χ1v) is 8.94. The van der Waals surface area contributed by atoms with E-state index >= 15 is 0 Å². The Morgan fingerprint density at radius 3 is 2.00 bits per heavy atom. The third-order valence-corrected chi connectivity index (χ3v) is 4.41. The molecular formula is C21H18N4O5. The molecule has 0 heterocycles. The van der Waals surface area contributed by atoms with Crippen molar-refractivity contribution < 1.29 is 14.6 Å². The van der Waals surface area contributed by atoms with E-state index in [-0.39, 0.29) is 5.56 Å². The number of nitrogens with one attached hydrogen (secondary N) is 1. The minimum atomic E-state index is -0.777. The van der Waals surface area contributed by atoms with Crippen LogP contribution in [0.5, 0.6) is 0 Å². The number of carbonyl (C=O) groups excluding carboxylic acids is 1. The van der Waals surface area contributed by atoms with Crippen molar-refractivity contribution in [3.8, 4) is 0 Å². The van der Waals surface area contributed by atoms with Gasteiger partial charge in [-0.3, -0.25) is 25.0 Å². The van der Waals surface area contributed by atoms with Crippen molar-refractivity contribution in [2.45, 2.75) is 6.54 Å². The van der Waals surface area contributed by atoms with E-state index in [0.717, 1.165) is 29.4 Å². The van der Waals surface area contributed by atoms with Crippen molar-refractivity contribution >= 4 is 28.7 Å². The summed E-state index contributed by atoms with van der Waals surface area (Å²) in [6.07, 6.45) is 0. The van der Waals surface area contributed by atoms with Crippen molar-refractivity contribution in [1.82, 2.24) is 0 Å². The number of non-ortho nitro benzene ring substituents is 2. The second-order valence-corrected chi connectivity index (χ2v) is 6.59. The van der Waals surface area contributed by atoms with Crippen LogP contribution in [0.4, 0.5) is 22.7 Å². The number of hydrogen-bond acceptors (Lipinski definition) is 6. The summed E-state index contributed by atoms with van der Waals surface area (Å²) in [4.78, 5) is 34.9. The highest BCUT2D eigenvalue weighted by atomic mass is 16.6. The van der Waals surface area contributed by atoms with Gasteiger partial charge in [0.05, 0.1) is 21.5 Å². The van der Waals surface area contributed by atoms with Gasteiger partial charge in [-0.2, -0.15) is 0 Å². The smallest absolute Gasteiger partial charge is 0.277 e. The summed E-state index contributed by atoms with van der Waals surface area (Å²) in [5, 5.41) is 24.6. The van der Waals surface area contributed by atoms with E-state index in [1.807, 2.05) is 54.4 Å². The minimum absolute atomic E-state index is 0.166. The number of rotatable bonds is 7. The topological polar surface area (TPSA) is 119 Å². The number of amides is 1. The fraction of sp³-hybridized carbons (Fsp3) is 0.0952. The summed E-state index contributed by atoms with van der Waals surface area (Å²) in [5.41, 5.74) is 1.35. The van der Waals surface area contributed by atoms with Crippen LogP contribution in [0.2, 0.25) is 0 Å². The van der Waals surface area contributed by atoms with E-state index < -0.39 is 27.1 Å². The summed E-state index contributed by atoms with van der Waals surface area (Å²) in [5.74, 6) is -0.674. The molecule has 3 rings (SSSR count). The van der Waals surface area contributed by atoms with Crippen LogP contribution in [0.1, 0.15) is 15.9 Å². The van der Waals surface area contributed by atoms with Gasteiger partial charge in [-0.05, 0) is 29.8 Å². The van der Waals surface area contributed by atoms with E-state index in [9.17, 15) is 25.0 Å². The average Bonchev–Trinajstić information content (AvgIpc) is 2.74. The largest absolute Gasteiger partial charge is 0.370 e. The number of benzene rings is 3. The first-order valence-electron chi connectivity index (χ1n) is 8.94. The molecule has 9 heteroatoms. The average molecular weight is 406 g/mol. The fourth-order valence-corrected chi connectivity index (χ4v) is 2.89. The maximum absolute atomic E-state index is 12.5. The van der Waals surface area contributed by atoms with Crippen LogP contribution in [-0.2, 0) is 6.54 Å². The standard InChI is InChI=1S/C21H18N4O5/c1-23(14-15-5-3-2-4-6-15)18-9-7-17(8-10-18)22-21(26)16-11-19(24(27)28)13-20(12-16)25(29)30/h2-13H,14H2,1H3,(H,22,26). The molecular weight excluding hydrogens is 388 g/mol. The van der Waals surface area contributed by atoms with Crippen molar-refractivity contribution in [2.75, 3.05) is 17.3 Å². The molecule has 0 radical (unpaired) electrons. The Labute approximate surface area is 171 Å². The monoisotopic (exact) mass is 406 g/mol. The molecule has 0 aliphatic heterocycles. The van der Waals surface area contributed by atoms with E-state index in [4.69, 9.17) is 0 Å². The van der Waals surface area contributed by atoms with Gasteiger partial charge in [-0.1, -0.05) is 30.3 Å². The number of anilines is 2. The zero-order valence-electron chi connectivity index (χ0n) is 16.0. The molecule has 0 aliphatic rings. The van der Waals surface area contributed by atoms with Gasteiger partial charge >= 0.3 is 0 Å². The summed E-state index contributed by atoms with van der Waals surface area (Å²) in [6.45, 7) is 0.712. The summed E-state index contributed by atoms with van der Waals surface area (Å²) >= 11 is 0. The molecule has 0 saturated heterocycles. The molecule has 1 N–H and O–H groups in total. The highest BCUT2D eigenvalue weighted by Crippen LogP contribution is 2.24. The summed E-state index contributed by atoms with van der Waals surface area (Å²) in [6, 6.07) is 19.8. The van der Waals surface area contributed by atoms with Crippen LogP contribution in [0, 0.1) is 20.2 Å². The Kier molecular flexibility index (Phi) is 6.02. The van der Waals surface area contributed by atoms with Crippen LogP contribution in [0.3, 0.4) is 0 Å². The fourth-order valence-electron chi connectivity index (χ4n) is 2.89. The Morgan fingerprint density at radius 2 is 1.47 bits per heavy atom. The molecule has 3 aromatic carbocycles. The van der Waals surface area contributed by atoms with Crippen molar-refractivity contribution in [2.24, 2.45) is 0 Å². The molecule has 0 unspecified atom stereocenters. The third kappa shape index (κ3) is 4.96. The number of carbonyl (C=O) groups is 1. The van der Waals surface area contributed by atoms with Crippen molar-refractivity contribution in [1.29, 1.82) is 0 Å². The predicted octanol–water partition coefficient (Wildman–Crippen LogP) is 4.39. The second-order valence-electron chi connectivity index (χ2n) is 6.59. The molecule has 0 atom stereocenters. The van der Waals surface area contributed by atoms with Crippen LogP contribution < -0.4 is 10.2 Å². The molecule has 0 bridgehead atoms. The lowest BCUT2D eigenvalue weighted by Gasteiger charge is -2.19. The molecule has 0 aliphatic carbocycles. The number of nitro benzene ring substituents is 2. The predicted molar refractivity (Wildman–Crippen MR) is 113 cm³/mol. The maximum Gasteiger partial charge on any atom is 0.277 e. The molecule has 0 aromatic heterocycles. The van der Waals surface area contributed by atoms with Gasteiger partial charge in [0.25, 0.3) is 17.3 Å². The summed E-state index contributed by atoms with van der Waals surface area (Å²) < 4.78 is 0. The molecule has 30 heavy (non-hydrogen) atoms. The Balaban J connectivity index is 1.73. The van der Waals surface area contributed by atoms with E-state index in [0.29, 0.717) is 12.2 Å². The molecule has 3 aromatic rings. The number of hydrogen-bond donors (Lipinski definition) is 1. The summed E-state index contributed by atoms with van der Waals surface area (Å²) in [7, 11) is 1.95. The van der Waals surface area contributed by atoms with Crippen LogP contribution in [0.25, 0.3) is 0 Å². The van der Waals surface area contributed by atoms with Crippen LogP contribution in [-0.4, -0.2) is 22.8 Å². The van der Waals surface area contributed by atoms with Gasteiger partial charge in [0.2, 0.25) is 0 Å². The van der Waals surface area contributed by atoms with Gasteiger partial charge < -0.3 is 10.2 Å². The highest BCUT2D eigenvalue weighted by molar-refractivity contribution is 6.05. The molecule has 1 amide bonds. The van der Waals surface area contributed by atoms with E-state index in [2.05, 4.69) is 5.32 Å². The lowest BCUT2D eigenvalue weighted by molar-refractivity contribution is -0.394. The molecule has 9 nitrogen and oxygen atoms in total. The van der Waals surface area contributed by atoms with Crippen molar-refractivity contribution in [3.63, 3.8) is 0 Å². The zero-order valence-corrected chi connectivity index (χ0v) is 16.0. The second kappa shape index (κ2) is 8.82.